The average molecular weight is 337 g/mol. The van der Waals surface area contributed by atoms with Gasteiger partial charge in [0.2, 0.25) is 5.91 Å². The van der Waals surface area contributed by atoms with E-state index in [0.29, 0.717) is 12.3 Å². The molecule has 3 rings (SSSR count). The third-order valence-electron chi connectivity index (χ3n) is 4.81. The van der Waals surface area contributed by atoms with Crippen LogP contribution < -0.4 is 5.32 Å². The van der Waals surface area contributed by atoms with Gasteiger partial charge in [-0.2, -0.15) is 0 Å². The summed E-state index contributed by atoms with van der Waals surface area (Å²) >= 11 is 0. The number of amides is 1. The van der Waals surface area contributed by atoms with E-state index in [2.05, 4.69) is 24.0 Å². The second-order valence-corrected chi connectivity index (χ2v) is 6.15. The number of hydrogen-bond acceptors (Lipinski definition) is 4. The van der Waals surface area contributed by atoms with E-state index in [4.69, 9.17) is 9.84 Å². The molecule has 0 aromatic rings. The number of allylic oxidation sites excluding steroid dienone is 1. The van der Waals surface area contributed by atoms with Crippen molar-refractivity contribution in [1.82, 2.24) is 5.32 Å². The smallest absolute Gasteiger partial charge is 0.333 e. The third-order valence-corrected chi connectivity index (χ3v) is 4.81. The van der Waals surface area contributed by atoms with E-state index in [1.165, 1.54) is 12.8 Å². The number of aliphatic hydroxyl groups is 1. The predicted molar refractivity (Wildman–Crippen MR) is 94.2 cm³/mol. The Hall–Kier alpha value is -1.62. The minimum absolute atomic E-state index is 0.151. The van der Waals surface area contributed by atoms with Gasteiger partial charge in [-0.25, -0.2) is 4.79 Å². The SMILES string of the molecule is C=C[C@H]1C(=O)N[C@H]2C(=O)O[C@@]12CC.CC.CC(O)C1C=CCCC1. The summed E-state index contributed by atoms with van der Waals surface area (Å²) < 4.78 is 5.08. The molecule has 1 amide bonds. The molecule has 2 aliphatic heterocycles. The van der Waals surface area contributed by atoms with Crippen LogP contribution in [0.4, 0.5) is 0 Å². The minimum Gasteiger partial charge on any atom is -0.453 e. The van der Waals surface area contributed by atoms with Crippen molar-refractivity contribution in [2.24, 2.45) is 11.8 Å². The molecule has 2 N–H and O–H groups in total. The first kappa shape index (κ1) is 20.4. The highest BCUT2D eigenvalue weighted by atomic mass is 16.6. The summed E-state index contributed by atoms with van der Waals surface area (Å²) in [6.45, 7) is 11.3. The molecule has 2 fully saturated rings. The van der Waals surface area contributed by atoms with Crippen molar-refractivity contribution < 1.29 is 19.4 Å². The molecule has 0 bridgehead atoms. The van der Waals surface area contributed by atoms with Crippen LogP contribution in [0, 0.1) is 11.8 Å². The van der Waals surface area contributed by atoms with Gasteiger partial charge in [-0.15, -0.1) is 6.58 Å². The summed E-state index contributed by atoms with van der Waals surface area (Å²) in [5.41, 5.74) is -0.643. The third kappa shape index (κ3) is 3.89. The summed E-state index contributed by atoms with van der Waals surface area (Å²) in [5, 5.41) is 11.7. The number of fused-ring (bicyclic) bond motifs is 1. The molecule has 3 aliphatic rings. The highest BCUT2D eigenvalue weighted by Gasteiger charge is 2.66. The number of carbonyl (C=O) groups is 2. The minimum atomic E-state index is -0.643. The number of nitrogens with one attached hydrogen (secondary N) is 1. The fraction of sp³-hybridized carbons (Fsp3) is 0.684. The van der Waals surface area contributed by atoms with Gasteiger partial charge in [-0.3, -0.25) is 4.79 Å². The highest BCUT2D eigenvalue weighted by Crippen LogP contribution is 2.43. The lowest BCUT2D eigenvalue weighted by molar-refractivity contribution is -0.200. The Kier molecular flexibility index (Phi) is 7.67. The van der Waals surface area contributed by atoms with Gasteiger partial charge in [0.25, 0.3) is 0 Å². The normalized spacial score (nSPS) is 34.1. The van der Waals surface area contributed by atoms with Crippen LogP contribution in [0.25, 0.3) is 0 Å². The fourth-order valence-electron chi connectivity index (χ4n) is 3.37. The van der Waals surface area contributed by atoms with Crippen LogP contribution in [-0.4, -0.2) is 34.7 Å². The lowest BCUT2D eigenvalue weighted by atomic mass is 9.78. The van der Waals surface area contributed by atoms with Crippen molar-refractivity contribution in [3.05, 3.63) is 24.8 Å². The molecule has 5 nitrogen and oxygen atoms in total. The quantitative estimate of drug-likeness (QED) is 0.613. The van der Waals surface area contributed by atoms with Gasteiger partial charge in [0.05, 0.1) is 12.0 Å². The van der Waals surface area contributed by atoms with E-state index < -0.39 is 11.6 Å². The van der Waals surface area contributed by atoms with Crippen LogP contribution in [0.3, 0.4) is 0 Å². The van der Waals surface area contributed by atoms with Gasteiger partial charge in [-0.1, -0.05) is 39.0 Å². The first-order valence-electron chi connectivity index (χ1n) is 8.96. The van der Waals surface area contributed by atoms with Crippen LogP contribution in [0.1, 0.15) is 53.4 Å². The van der Waals surface area contributed by atoms with Gasteiger partial charge >= 0.3 is 5.97 Å². The Morgan fingerprint density at radius 3 is 2.54 bits per heavy atom. The molecular formula is C19H31NO4. The molecule has 0 aromatic carbocycles. The molecule has 1 aliphatic carbocycles. The van der Waals surface area contributed by atoms with E-state index in [1.807, 2.05) is 27.7 Å². The lowest BCUT2D eigenvalue weighted by Gasteiger charge is -2.43. The van der Waals surface area contributed by atoms with Crippen LogP contribution in [-0.2, 0) is 14.3 Å². The first-order chi connectivity index (χ1) is 11.5. The molecule has 2 unspecified atom stereocenters. The molecule has 136 valence electrons. The molecule has 0 aromatic heterocycles. The topological polar surface area (TPSA) is 75.6 Å². The number of carbonyl (C=O) groups excluding carboxylic acids is 2. The molecule has 5 heteroatoms. The maximum absolute atomic E-state index is 11.4. The van der Waals surface area contributed by atoms with E-state index in [9.17, 15) is 9.59 Å². The summed E-state index contributed by atoms with van der Waals surface area (Å²) in [6, 6.07) is -0.451. The van der Waals surface area contributed by atoms with Crippen molar-refractivity contribution in [1.29, 1.82) is 0 Å². The zero-order valence-electron chi connectivity index (χ0n) is 15.2. The van der Waals surface area contributed by atoms with Gasteiger partial charge < -0.3 is 15.2 Å². The number of rotatable bonds is 3. The second kappa shape index (κ2) is 9.02. The molecule has 0 spiro atoms. The van der Waals surface area contributed by atoms with E-state index in [-0.39, 0.29) is 23.9 Å². The Morgan fingerprint density at radius 1 is 1.50 bits per heavy atom. The Labute approximate surface area is 145 Å². The van der Waals surface area contributed by atoms with E-state index in [1.54, 1.807) is 6.08 Å². The molecule has 2 saturated heterocycles. The second-order valence-electron chi connectivity index (χ2n) is 6.15. The van der Waals surface area contributed by atoms with Crippen molar-refractivity contribution >= 4 is 11.9 Å². The summed E-state index contributed by atoms with van der Waals surface area (Å²) in [6.07, 6.45) is 9.93. The number of hydrogen-bond donors (Lipinski definition) is 2. The number of aliphatic hydroxyl groups excluding tert-OH is 1. The molecule has 0 saturated carbocycles. The monoisotopic (exact) mass is 337 g/mol. The van der Waals surface area contributed by atoms with Crippen LogP contribution in [0.2, 0.25) is 0 Å². The van der Waals surface area contributed by atoms with Crippen LogP contribution in [0.15, 0.2) is 24.8 Å². The lowest BCUT2D eigenvalue weighted by Crippen LogP contribution is -2.64. The van der Waals surface area contributed by atoms with Crippen molar-refractivity contribution in [2.45, 2.75) is 71.1 Å². The fourth-order valence-corrected chi connectivity index (χ4v) is 3.37. The van der Waals surface area contributed by atoms with Gasteiger partial charge in [0.15, 0.2) is 11.6 Å². The summed E-state index contributed by atoms with van der Waals surface area (Å²) in [7, 11) is 0. The maximum Gasteiger partial charge on any atom is 0.333 e. The highest BCUT2D eigenvalue weighted by molar-refractivity contribution is 5.98. The average Bonchev–Trinajstić information content (AvgIpc) is 2.84. The first-order valence-corrected chi connectivity index (χ1v) is 8.96. The predicted octanol–water partition coefficient (Wildman–Crippen LogP) is 2.74. The zero-order chi connectivity index (χ0) is 18.3. The van der Waals surface area contributed by atoms with Gasteiger partial charge in [-0.05, 0) is 32.6 Å². The molecule has 0 radical (unpaired) electrons. The molecule has 24 heavy (non-hydrogen) atoms. The maximum atomic E-state index is 11.4. The van der Waals surface area contributed by atoms with Gasteiger partial charge in [0.1, 0.15) is 0 Å². The van der Waals surface area contributed by atoms with Gasteiger partial charge in [0, 0.05) is 5.92 Å². The Balaban J connectivity index is 0.000000230. The van der Waals surface area contributed by atoms with Crippen molar-refractivity contribution in [3.63, 3.8) is 0 Å². The van der Waals surface area contributed by atoms with Crippen LogP contribution >= 0.6 is 0 Å². The van der Waals surface area contributed by atoms with Crippen LogP contribution in [0.5, 0.6) is 0 Å². The van der Waals surface area contributed by atoms with Crippen molar-refractivity contribution in [3.8, 4) is 0 Å². The molecule has 5 atom stereocenters. The Bertz CT molecular complexity index is 486. The number of ether oxygens (including phenoxy) is 1. The molecular weight excluding hydrogens is 306 g/mol. The Morgan fingerprint density at radius 2 is 2.17 bits per heavy atom. The summed E-state index contributed by atoms with van der Waals surface area (Å²) in [4.78, 5) is 22.4. The standard InChI is InChI=1S/C9H11NO3.C8H14O.C2H6/c1-3-5-7(11)10-6-8(12)13-9(5,6)4-2;1-7(9)8-5-3-2-4-6-8;1-2/h3,5-6H,1,4H2,2H3,(H,10,11);3,5,7-9H,2,4,6H2,1H3;1-2H3/t5-,6-,9-;;/m0../s1. The largest absolute Gasteiger partial charge is 0.453 e. The number of esters is 1. The zero-order valence-corrected chi connectivity index (χ0v) is 15.2. The molecule has 2 heterocycles. The summed E-state index contributed by atoms with van der Waals surface area (Å²) in [5.74, 6) is -0.453. The van der Waals surface area contributed by atoms with Crippen molar-refractivity contribution in [2.75, 3.05) is 0 Å². The van der Waals surface area contributed by atoms with E-state index in [0.717, 1.165) is 6.42 Å². The van der Waals surface area contributed by atoms with E-state index >= 15 is 0 Å².